The highest BCUT2D eigenvalue weighted by Gasteiger charge is 2.20. The topological polar surface area (TPSA) is 45.1 Å². The molecule has 0 spiro atoms. The van der Waals surface area contributed by atoms with Crippen molar-refractivity contribution in [1.82, 2.24) is 4.90 Å². The van der Waals surface area contributed by atoms with Crippen LogP contribution in [0.3, 0.4) is 0 Å². The van der Waals surface area contributed by atoms with Gasteiger partial charge in [0.05, 0.1) is 12.2 Å². The average Bonchev–Trinajstić information content (AvgIpc) is 3.16. The Labute approximate surface area is 184 Å². The molecule has 1 saturated heterocycles. The summed E-state index contributed by atoms with van der Waals surface area (Å²) in [7, 11) is 0. The Kier molecular flexibility index (Phi) is 5.57. The van der Waals surface area contributed by atoms with Gasteiger partial charge in [0.15, 0.2) is 11.6 Å². The summed E-state index contributed by atoms with van der Waals surface area (Å²) in [4.78, 5) is 20.0. The molecular formula is C25H23F2N3O2. The van der Waals surface area contributed by atoms with Gasteiger partial charge < -0.3 is 9.64 Å². The standard InChI is InChI=1S/C25H23F2N3O2/c26-19-6-5-17-3-1-4-23(20(17)14-19)30-10-8-29(9-11-30)7-2-12-32-24-15-21-18(13-22(24)27)16-28-25(21)31/h1,3-6,13-16H,2,7-12H2. The number of benzene rings is 3. The number of carbonyl (C=O) groups excluding carboxylic acids is 1. The number of nitrogens with zero attached hydrogens (tertiary/aromatic N) is 3. The molecule has 3 aromatic rings. The molecule has 7 heteroatoms. The Morgan fingerprint density at radius 1 is 1.00 bits per heavy atom. The summed E-state index contributed by atoms with van der Waals surface area (Å²) < 4.78 is 33.5. The highest BCUT2D eigenvalue weighted by molar-refractivity contribution is 6.13. The Hall–Kier alpha value is -3.32. The van der Waals surface area contributed by atoms with E-state index in [1.54, 1.807) is 6.07 Å². The van der Waals surface area contributed by atoms with Gasteiger partial charge in [0.1, 0.15) is 5.82 Å². The van der Waals surface area contributed by atoms with Crippen LogP contribution < -0.4 is 9.64 Å². The Bertz CT molecular complexity index is 1200. The lowest BCUT2D eigenvalue weighted by atomic mass is 10.1. The zero-order valence-electron chi connectivity index (χ0n) is 17.6. The van der Waals surface area contributed by atoms with Gasteiger partial charge in [-0.2, -0.15) is 0 Å². The number of anilines is 1. The van der Waals surface area contributed by atoms with Gasteiger partial charge in [-0.25, -0.2) is 13.8 Å². The van der Waals surface area contributed by atoms with Crippen LogP contribution >= 0.6 is 0 Å². The van der Waals surface area contributed by atoms with Gasteiger partial charge in [-0.15, -0.1) is 0 Å². The van der Waals surface area contributed by atoms with Crippen molar-refractivity contribution >= 4 is 28.6 Å². The molecular weight excluding hydrogens is 412 g/mol. The second-order valence-corrected chi connectivity index (χ2v) is 8.11. The van der Waals surface area contributed by atoms with E-state index in [1.807, 2.05) is 24.3 Å². The lowest BCUT2D eigenvalue weighted by molar-refractivity contribution is 0.101. The molecule has 2 aliphatic rings. The molecule has 0 aliphatic carbocycles. The van der Waals surface area contributed by atoms with E-state index in [0.29, 0.717) is 17.7 Å². The summed E-state index contributed by atoms with van der Waals surface area (Å²) in [5.74, 6) is -0.974. The predicted molar refractivity (Wildman–Crippen MR) is 121 cm³/mol. The molecule has 5 rings (SSSR count). The summed E-state index contributed by atoms with van der Waals surface area (Å²) in [5, 5.41) is 1.98. The summed E-state index contributed by atoms with van der Waals surface area (Å²) in [6, 6.07) is 13.7. The Balaban J connectivity index is 1.12. The number of piperazine rings is 1. The molecule has 0 N–H and O–H groups in total. The fourth-order valence-electron chi connectivity index (χ4n) is 4.36. The monoisotopic (exact) mass is 435 g/mol. The number of aliphatic imine (C=N–C) groups is 1. The van der Waals surface area contributed by atoms with Crippen LogP contribution in [0.1, 0.15) is 22.3 Å². The van der Waals surface area contributed by atoms with Gasteiger partial charge in [-0.3, -0.25) is 9.69 Å². The lowest BCUT2D eigenvalue weighted by Gasteiger charge is -2.36. The van der Waals surface area contributed by atoms with E-state index in [1.165, 1.54) is 24.4 Å². The van der Waals surface area contributed by atoms with Crippen LogP contribution in [-0.4, -0.2) is 56.4 Å². The number of rotatable bonds is 6. The molecule has 0 aromatic heterocycles. The van der Waals surface area contributed by atoms with Gasteiger partial charge in [0.25, 0.3) is 5.91 Å². The van der Waals surface area contributed by atoms with Crippen LogP contribution in [0.25, 0.3) is 10.8 Å². The molecule has 0 saturated carbocycles. The maximum Gasteiger partial charge on any atom is 0.277 e. The van der Waals surface area contributed by atoms with Gasteiger partial charge in [-0.05, 0) is 42.1 Å². The predicted octanol–water partition coefficient (Wildman–Crippen LogP) is 4.28. The van der Waals surface area contributed by atoms with Crippen molar-refractivity contribution in [3.63, 3.8) is 0 Å². The summed E-state index contributed by atoms with van der Waals surface area (Å²) in [6.07, 6.45) is 2.12. The van der Waals surface area contributed by atoms with Gasteiger partial charge in [0, 0.05) is 55.6 Å². The second-order valence-electron chi connectivity index (χ2n) is 8.11. The van der Waals surface area contributed by atoms with Crippen LogP contribution in [0, 0.1) is 11.6 Å². The third kappa shape index (κ3) is 4.08. The Morgan fingerprint density at radius 3 is 2.69 bits per heavy atom. The fourth-order valence-corrected chi connectivity index (χ4v) is 4.36. The molecule has 0 atom stereocenters. The molecule has 5 nitrogen and oxygen atoms in total. The number of ether oxygens (including phenoxy) is 1. The first kappa shape index (κ1) is 20.6. The first-order valence-electron chi connectivity index (χ1n) is 10.8. The van der Waals surface area contributed by atoms with Crippen molar-refractivity contribution in [1.29, 1.82) is 0 Å². The van der Waals surface area contributed by atoms with E-state index in [-0.39, 0.29) is 17.5 Å². The lowest BCUT2D eigenvalue weighted by Crippen LogP contribution is -2.46. The quantitative estimate of drug-likeness (QED) is 0.542. The van der Waals surface area contributed by atoms with Crippen molar-refractivity contribution in [3.05, 3.63) is 71.3 Å². The average molecular weight is 435 g/mol. The molecule has 3 aromatic carbocycles. The highest BCUT2D eigenvalue weighted by Crippen LogP contribution is 2.29. The molecule has 0 radical (unpaired) electrons. The van der Waals surface area contributed by atoms with Crippen LogP contribution in [0.5, 0.6) is 5.75 Å². The third-order valence-corrected chi connectivity index (χ3v) is 6.07. The minimum atomic E-state index is -0.481. The molecule has 1 fully saturated rings. The number of halogens is 2. The molecule has 1 amide bonds. The molecule has 2 aliphatic heterocycles. The zero-order chi connectivity index (χ0) is 22.1. The Morgan fingerprint density at radius 2 is 1.84 bits per heavy atom. The first-order chi connectivity index (χ1) is 15.6. The van der Waals surface area contributed by atoms with Gasteiger partial charge >= 0.3 is 0 Å². The molecule has 32 heavy (non-hydrogen) atoms. The van der Waals surface area contributed by atoms with E-state index >= 15 is 0 Å². The summed E-state index contributed by atoms with van der Waals surface area (Å²) in [6.45, 7) is 4.71. The first-order valence-corrected chi connectivity index (χ1v) is 10.8. The normalized spacial score (nSPS) is 16.1. The van der Waals surface area contributed by atoms with Gasteiger partial charge in [0.2, 0.25) is 0 Å². The molecule has 0 bridgehead atoms. The summed E-state index contributed by atoms with van der Waals surface area (Å²) in [5.41, 5.74) is 1.94. The maximum atomic E-state index is 14.2. The third-order valence-electron chi connectivity index (χ3n) is 6.07. The zero-order valence-corrected chi connectivity index (χ0v) is 17.6. The SMILES string of the molecule is O=C1N=Cc2cc(F)c(OCCCN3CCN(c4cccc5ccc(F)cc45)CC3)cc21. The minimum Gasteiger partial charge on any atom is -0.490 e. The second kappa shape index (κ2) is 8.67. The van der Waals surface area contributed by atoms with Crippen LogP contribution in [-0.2, 0) is 0 Å². The number of carbonyl (C=O) groups is 1. The van der Waals surface area contributed by atoms with E-state index < -0.39 is 5.82 Å². The van der Waals surface area contributed by atoms with Crippen molar-refractivity contribution < 1.29 is 18.3 Å². The number of amides is 1. The van der Waals surface area contributed by atoms with Crippen LogP contribution in [0.4, 0.5) is 14.5 Å². The largest absolute Gasteiger partial charge is 0.490 e. The molecule has 2 heterocycles. The smallest absolute Gasteiger partial charge is 0.277 e. The van der Waals surface area contributed by atoms with E-state index in [0.717, 1.165) is 55.6 Å². The fraction of sp³-hybridized carbons (Fsp3) is 0.280. The van der Waals surface area contributed by atoms with Crippen LogP contribution in [0.15, 0.2) is 53.5 Å². The van der Waals surface area contributed by atoms with Crippen molar-refractivity contribution in [2.24, 2.45) is 4.99 Å². The van der Waals surface area contributed by atoms with Gasteiger partial charge in [-0.1, -0.05) is 18.2 Å². The number of hydrogen-bond acceptors (Lipinski definition) is 4. The van der Waals surface area contributed by atoms with Crippen molar-refractivity contribution in [2.75, 3.05) is 44.2 Å². The highest BCUT2D eigenvalue weighted by atomic mass is 19.1. The number of hydrogen-bond donors (Lipinski definition) is 0. The van der Waals surface area contributed by atoms with E-state index in [4.69, 9.17) is 4.74 Å². The van der Waals surface area contributed by atoms with E-state index in [9.17, 15) is 13.6 Å². The molecule has 164 valence electrons. The molecule has 0 unspecified atom stereocenters. The van der Waals surface area contributed by atoms with E-state index in [2.05, 4.69) is 14.8 Å². The van der Waals surface area contributed by atoms with Crippen molar-refractivity contribution in [3.8, 4) is 5.75 Å². The summed E-state index contributed by atoms with van der Waals surface area (Å²) >= 11 is 0. The minimum absolute atomic E-state index is 0.0932. The van der Waals surface area contributed by atoms with Crippen LogP contribution in [0.2, 0.25) is 0 Å². The maximum absolute atomic E-state index is 14.2. The number of fused-ring (bicyclic) bond motifs is 2. The van der Waals surface area contributed by atoms with Crippen molar-refractivity contribution in [2.45, 2.75) is 6.42 Å².